The number of fused-ring (bicyclic) bond motifs is 1. The van der Waals surface area contributed by atoms with Crippen LogP contribution < -0.4 is 16.4 Å². The second-order valence-corrected chi connectivity index (χ2v) is 13.0. The van der Waals surface area contributed by atoms with Crippen LogP contribution in [0.15, 0.2) is 18.2 Å². The van der Waals surface area contributed by atoms with Gasteiger partial charge in [0.2, 0.25) is 0 Å². The van der Waals surface area contributed by atoms with E-state index in [1.165, 1.54) is 18.2 Å². The molecule has 0 saturated heterocycles. The van der Waals surface area contributed by atoms with Gasteiger partial charge in [0.25, 0.3) is 5.91 Å². The Morgan fingerprint density at radius 3 is 2.43 bits per heavy atom. The van der Waals surface area contributed by atoms with Gasteiger partial charge in [-0.3, -0.25) is 14.4 Å². The number of ether oxygens (including phenoxy) is 2. The zero-order chi connectivity index (χ0) is 32.6. The number of ketones is 1. The maximum atomic E-state index is 14.0. The van der Waals surface area contributed by atoms with Gasteiger partial charge in [-0.15, -0.1) is 0 Å². The summed E-state index contributed by atoms with van der Waals surface area (Å²) in [6.45, 7) is 8.25. The van der Waals surface area contributed by atoms with Gasteiger partial charge in [-0.1, -0.05) is 20.3 Å². The lowest BCUT2D eigenvalue weighted by Crippen LogP contribution is -2.42. The van der Waals surface area contributed by atoms with Crippen molar-refractivity contribution in [3.63, 3.8) is 0 Å². The van der Waals surface area contributed by atoms with Crippen LogP contribution in [-0.2, 0) is 26.9 Å². The fourth-order valence-corrected chi connectivity index (χ4v) is 5.63. The number of carbonyl (C=O) groups is 4. The minimum absolute atomic E-state index is 0.0444. The predicted octanol–water partition coefficient (Wildman–Crippen LogP) is 4.94. The van der Waals surface area contributed by atoms with Crippen LogP contribution in [0.5, 0.6) is 0 Å². The van der Waals surface area contributed by atoms with Crippen molar-refractivity contribution in [3.8, 4) is 5.69 Å². The van der Waals surface area contributed by atoms with Crippen molar-refractivity contribution in [1.82, 2.24) is 15.1 Å². The zero-order valence-electron chi connectivity index (χ0n) is 25.4. The molecule has 0 unspecified atom stereocenters. The lowest BCUT2D eigenvalue weighted by atomic mass is 9.75. The first-order valence-electron chi connectivity index (χ1n) is 14.4. The molecule has 2 aliphatic rings. The normalized spacial score (nSPS) is 20.0. The predicted molar refractivity (Wildman–Crippen MR) is 154 cm³/mol. The Kier molecular flexibility index (Phi) is 9.04. The summed E-state index contributed by atoms with van der Waals surface area (Å²) < 4.78 is 53.8. The number of amides is 2. The lowest BCUT2D eigenvalue weighted by Gasteiger charge is -2.33. The average Bonchev–Trinajstić information content (AvgIpc) is 3.27. The minimum atomic E-state index is -4.85. The number of alkyl halides is 3. The summed E-state index contributed by atoms with van der Waals surface area (Å²) in [4.78, 5) is 49.7. The average molecular weight is 622 g/mol. The van der Waals surface area contributed by atoms with E-state index in [-0.39, 0.29) is 35.5 Å². The van der Waals surface area contributed by atoms with Gasteiger partial charge >= 0.3 is 18.2 Å². The number of nitrogens with zero attached hydrogens (tertiary/aromatic N) is 2. The number of nitrogens with one attached hydrogen (secondary N) is 2. The fourth-order valence-electron chi connectivity index (χ4n) is 5.63. The van der Waals surface area contributed by atoms with Crippen LogP contribution in [0.1, 0.15) is 98.8 Å². The molecule has 1 fully saturated rings. The molecule has 44 heavy (non-hydrogen) atoms. The van der Waals surface area contributed by atoms with Crippen molar-refractivity contribution in [3.05, 3.63) is 40.7 Å². The number of aromatic nitrogens is 2. The molecule has 4 N–H and O–H groups in total. The highest BCUT2D eigenvalue weighted by Gasteiger charge is 2.45. The minimum Gasteiger partial charge on any atom is -0.459 e. The molecule has 2 aliphatic carbocycles. The van der Waals surface area contributed by atoms with Crippen LogP contribution in [0.4, 0.5) is 23.7 Å². The summed E-state index contributed by atoms with van der Waals surface area (Å²) in [5.74, 6) is -2.09. The molecular weight excluding hydrogens is 583 g/mol. The maximum absolute atomic E-state index is 14.0. The highest BCUT2D eigenvalue weighted by molar-refractivity contribution is 6.00. The largest absolute Gasteiger partial charge is 0.459 e. The van der Waals surface area contributed by atoms with Gasteiger partial charge < -0.3 is 25.8 Å². The summed E-state index contributed by atoms with van der Waals surface area (Å²) in [6.07, 6.45) is -3.51. The van der Waals surface area contributed by atoms with E-state index in [2.05, 4.69) is 15.7 Å². The number of halogens is 3. The van der Waals surface area contributed by atoms with Gasteiger partial charge in [-0.2, -0.15) is 18.3 Å². The summed E-state index contributed by atoms with van der Waals surface area (Å²) in [7, 11) is 0. The number of carbonyl (C=O) groups excluding carboxylic acids is 4. The molecule has 2 atom stereocenters. The van der Waals surface area contributed by atoms with Crippen LogP contribution in [0.2, 0.25) is 0 Å². The smallest absolute Gasteiger partial charge is 0.435 e. The van der Waals surface area contributed by atoms with E-state index in [0.717, 1.165) is 17.5 Å². The van der Waals surface area contributed by atoms with Gasteiger partial charge in [-0.25, -0.2) is 9.48 Å². The fraction of sp³-hybridized carbons (Fsp3) is 0.567. The molecule has 2 amide bonds. The molecule has 14 heteroatoms. The highest BCUT2D eigenvalue weighted by atomic mass is 19.4. The molecular formula is C30H38F3N5O6. The molecule has 4 rings (SSSR count). The van der Waals surface area contributed by atoms with Crippen LogP contribution in [0.3, 0.4) is 0 Å². The molecule has 1 aromatic heterocycles. The van der Waals surface area contributed by atoms with Crippen LogP contribution in [-0.4, -0.2) is 57.8 Å². The molecule has 1 saturated carbocycles. The second kappa shape index (κ2) is 12.1. The molecule has 11 nitrogen and oxygen atoms in total. The number of Topliss-reactive ketones (excluding diaryl/α,β-unsaturated/α-hetero) is 1. The molecule has 2 aromatic rings. The Morgan fingerprint density at radius 1 is 1.11 bits per heavy atom. The van der Waals surface area contributed by atoms with E-state index in [0.29, 0.717) is 12.8 Å². The lowest BCUT2D eigenvalue weighted by molar-refractivity contribution is -0.150. The first-order valence-corrected chi connectivity index (χ1v) is 14.4. The first-order chi connectivity index (χ1) is 20.3. The Morgan fingerprint density at radius 2 is 1.80 bits per heavy atom. The Labute approximate surface area is 253 Å². The van der Waals surface area contributed by atoms with Crippen LogP contribution >= 0.6 is 0 Å². The number of alkyl carbamates (subject to hydrolysis) is 1. The zero-order valence-corrected chi connectivity index (χ0v) is 25.4. The molecule has 1 heterocycles. The summed E-state index contributed by atoms with van der Waals surface area (Å²) in [5, 5.41) is 9.41. The molecule has 0 aliphatic heterocycles. The highest BCUT2D eigenvalue weighted by Crippen LogP contribution is 2.42. The Hall–Kier alpha value is -4.10. The number of esters is 1. The number of benzene rings is 1. The summed E-state index contributed by atoms with van der Waals surface area (Å²) in [5.41, 5.74) is 3.23. The van der Waals surface area contributed by atoms with E-state index in [4.69, 9.17) is 15.2 Å². The SMILES string of the molecule is CC1(C)CC(=O)c2c(C(F)(F)F)nn(-c3ccc(C(N)=O)c(N[C@H]4CCCC[C@@H]4OC(=O)CNC(=O)OC(C)(C)C)c3)c2C1. The number of rotatable bonds is 7. The van der Waals surface area contributed by atoms with Crippen molar-refractivity contribution in [1.29, 1.82) is 0 Å². The Balaban J connectivity index is 1.62. The molecule has 0 bridgehead atoms. The monoisotopic (exact) mass is 621 g/mol. The topological polar surface area (TPSA) is 155 Å². The summed E-state index contributed by atoms with van der Waals surface area (Å²) in [6, 6.07) is 3.79. The van der Waals surface area contributed by atoms with Crippen LogP contribution in [0, 0.1) is 5.41 Å². The van der Waals surface area contributed by atoms with Crippen molar-refractivity contribution in [2.24, 2.45) is 11.1 Å². The number of nitrogens with two attached hydrogens (primary N) is 1. The second-order valence-electron chi connectivity index (χ2n) is 13.0. The van der Waals surface area contributed by atoms with E-state index < -0.39 is 70.9 Å². The van der Waals surface area contributed by atoms with Crippen molar-refractivity contribution >= 4 is 29.4 Å². The third kappa shape index (κ3) is 7.69. The standard InChI is InChI=1S/C30H38F3N5O6/c1-28(2,3)44-27(42)35-15-23(40)43-22-9-7-6-8-18(22)36-19-12-16(10-11-17(19)26(34)41)38-20-13-29(4,5)14-21(39)24(20)25(37-38)30(31,32)33/h10-12,18,22,36H,6-9,13-15H2,1-5H3,(H2,34,41)(H,35,42)/t18-,22-/m0/s1. The van der Waals surface area contributed by atoms with Crippen molar-refractivity contribution < 1.29 is 41.8 Å². The first kappa shape index (κ1) is 32.8. The third-order valence-electron chi connectivity index (χ3n) is 7.43. The molecule has 0 spiro atoms. The molecule has 1 aromatic carbocycles. The van der Waals surface area contributed by atoms with Gasteiger partial charge in [0.05, 0.1) is 28.6 Å². The van der Waals surface area contributed by atoms with E-state index in [1.807, 2.05) is 0 Å². The third-order valence-corrected chi connectivity index (χ3v) is 7.43. The number of anilines is 1. The van der Waals surface area contributed by atoms with E-state index in [9.17, 15) is 32.3 Å². The van der Waals surface area contributed by atoms with Crippen molar-refractivity contribution in [2.45, 2.75) is 97.1 Å². The van der Waals surface area contributed by atoms with Crippen molar-refractivity contribution in [2.75, 3.05) is 11.9 Å². The number of hydrogen-bond acceptors (Lipinski definition) is 8. The quantitative estimate of drug-likeness (QED) is 0.368. The van der Waals surface area contributed by atoms with E-state index in [1.54, 1.807) is 34.6 Å². The number of primary amides is 1. The maximum Gasteiger partial charge on any atom is 0.435 e. The van der Waals surface area contributed by atoms with Gasteiger partial charge in [0.15, 0.2) is 11.5 Å². The van der Waals surface area contributed by atoms with E-state index >= 15 is 0 Å². The molecule has 240 valence electrons. The van der Waals surface area contributed by atoms with Gasteiger partial charge in [0.1, 0.15) is 18.2 Å². The van der Waals surface area contributed by atoms with Gasteiger partial charge in [-0.05, 0) is 70.1 Å². The summed E-state index contributed by atoms with van der Waals surface area (Å²) >= 11 is 0. The molecule has 0 radical (unpaired) electrons. The van der Waals surface area contributed by atoms with Gasteiger partial charge in [0, 0.05) is 12.1 Å². The van der Waals surface area contributed by atoms with Crippen LogP contribution in [0.25, 0.3) is 5.69 Å². The Bertz CT molecular complexity index is 1460. The number of hydrogen-bond donors (Lipinski definition) is 3.